The van der Waals surface area contributed by atoms with Crippen LogP contribution in [0.5, 0.6) is 0 Å². The van der Waals surface area contributed by atoms with E-state index in [2.05, 4.69) is 52.7 Å². The Bertz CT molecular complexity index is 793. The van der Waals surface area contributed by atoms with E-state index in [1.165, 1.54) is 5.69 Å². The minimum Gasteiger partial charge on any atom is -0.374 e. The molecular weight excluding hydrogens is 385 g/mol. The van der Waals surface area contributed by atoms with Crippen molar-refractivity contribution in [3.8, 4) is 12.1 Å². The maximum Gasteiger partial charge on any atom is 0.133 e. The largest absolute Gasteiger partial charge is 0.374 e. The molecule has 4 heteroatoms. The van der Waals surface area contributed by atoms with Crippen molar-refractivity contribution < 1.29 is 0 Å². The minimum absolute atomic E-state index is 0.165. The summed E-state index contributed by atoms with van der Waals surface area (Å²) in [6.07, 6.45) is 0. The number of rotatable bonds is 4. The molecule has 0 aromatic heterocycles. The first kappa shape index (κ1) is 16.3. The van der Waals surface area contributed by atoms with Crippen LogP contribution in [-0.4, -0.2) is 18.0 Å². The normalized spacial score (nSPS) is 9.86. The van der Waals surface area contributed by atoms with Gasteiger partial charge >= 0.3 is 0 Å². The van der Waals surface area contributed by atoms with Crippen LogP contribution in [-0.2, 0) is 0 Å². The molecule has 2 aromatic rings. The van der Waals surface area contributed by atoms with Crippen LogP contribution in [0.2, 0.25) is 0 Å². The molecule has 0 radical (unpaired) electrons. The first-order chi connectivity index (χ1) is 10.6. The van der Waals surface area contributed by atoms with Crippen molar-refractivity contribution in [2.24, 2.45) is 0 Å². The smallest absolute Gasteiger partial charge is 0.133 e. The molecule has 0 aliphatic heterocycles. The van der Waals surface area contributed by atoms with Gasteiger partial charge in [0.15, 0.2) is 0 Å². The molecule has 0 saturated heterocycles. The fraction of sp³-hybridized carbons (Fsp3) is 0.222. The minimum atomic E-state index is 0.165. The van der Waals surface area contributed by atoms with Crippen molar-refractivity contribution in [3.05, 3.63) is 47.5 Å². The third-order valence-corrected chi connectivity index (χ3v) is 4.20. The third-order valence-electron chi connectivity index (χ3n) is 3.72. The van der Waals surface area contributed by atoms with Crippen LogP contribution in [0.1, 0.15) is 12.5 Å². The molecule has 22 heavy (non-hydrogen) atoms. The molecule has 0 atom stereocenters. The van der Waals surface area contributed by atoms with Gasteiger partial charge in [-0.3, -0.25) is 0 Å². The Morgan fingerprint density at radius 1 is 1.09 bits per heavy atom. The zero-order chi connectivity index (χ0) is 16.1. The Balaban J connectivity index is 2.46. The maximum atomic E-state index is 8.98. The van der Waals surface area contributed by atoms with Crippen LogP contribution < -0.4 is 4.90 Å². The highest BCUT2D eigenvalue weighted by molar-refractivity contribution is 14.1. The van der Waals surface area contributed by atoms with Gasteiger partial charge in [0.05, 0.1) is 0 Å². The summed E-state index contributed by atoms with van der Waals surface area (Å²) in [4.78, 5) is 2.23. The molecule has 0 saturated carbocycles. The van der Waals surface area contributed by atoms with E-state index >= 15 is 0 Å². The standard InChI is InChI=1S/C18H16IN3/c1-13(17(11-20)12-21)14-3-4-16-10-18(22(2)8-7-19)6-5-15(16)9-14/h3-6,9-10H,7-8H2,1-2H3. The van der Waals surface area contributed by atoms with Crippen molar-refractivity contribution in [2.75, 3.05) is 22.9 Å². The summed E-state index contributed by atoms with van der Waals surface area (Å²) >= 11 is 2.37. The molecule has 0 heterocycles. The Morgan fingerprint density at radius 2 is 1.73 bits per heavy atom. The second-order valence-corrected chi connectivity index (χ2v) is 6.16. The molecule has 0 aliphatic carbocycles. The Kier molecular flexibility index (Phi) is 5.41. The summed E-state index contributed by atoms with van der Waals surface area (Å²) in [7, 11) is 2.09. The lowest BCUT2D eigenvalue weighted by Gasteiger charge is -2.18. The molecule has 0 fully saturated rings. The van der Waals surface area contributed by atoms with Crippen molar-refractivity contribution >= 4 is 44.6 Å². The zero-order valence-corrected chi connectivity index (χ0v) is 14.8. The molecule has 110 valence electrons. The van der Waals surface area contributed by atoms with Gasteiger partial charge in [-0.25, -0.2) is 0 Å². The van der Waals surface area contributed by atoms with Crippen molar-refractivity contribution in [1.82, 2.24) is 0 Å². The molecule has 0 bridgehead atoms. The molecule has 0 aliphatic rings. The molecule has 0 N–H and O–H groups in total. The van der Waals surface area contributed by atoms with Gasteiger partial charge in [-0.2, -0.15) is 10.5 Å². The molecule has 0 unspecified atom stereocenters. The summed E-state index contributed by atoms with van der Waals surface area (Å²) in [5.74, 6) is 0. The number of fused-ring (bicyclic) bond motifs is 1. The number of benzene rings is 2. The third kappa shape index (κ3) is 3.40. The Hall–Kier alpha value is -2.05. The second-order valence-electron chi connectivity index (χ2n) is 5.08. The number of allylic oxidation sites excluding steroid dienone is 2. The highest BCUT2D eigenvalue weighted by atomic mass is 127. The van der Waals surface area contributed by atoms with Gasteiger partial charge in [0.1, 0.15) is 17.7 Å². The fourth-order valence-corrected chi connectivity index (χ4v) is 3.02. The van der Waals surface area contributed by atoms with Crippen LogP contribution in [0.3, 0.4) is 0 Å². The van der Waals surface area contributed by atoms with E-state index in [-0.39, 0.29) is 5.57 Å². The number of hydrogen-bond donors (Lipinski definition) is 0. The van der Waals surface area contributed by atoms with Gasteiger partial charge in [0, 0.05) is 23.7 Å². The quantitative estimate of drug-likeness (QED) is 0.430. The highest BCUT2D eigenvalue weighted by Crippen LogP contribution is 2.26. The SMILES string of the molecule is CC(=C(C#N)C#N)c1ccc2cc(N(C)CCI)ccc2c1. The number of nitrogens with zero attached hydrogens (tertiary/aromatic N) is 3. The van der Waals surface area contributed by atoms with Crippen LogP contribution >= 0.6 is 22.6 Å². The topological polar surface area (TPSA) is 50.8 Å². The van der Waals surface area contributed by atoms with Gasteiger partial charge in [0.25, 0.3) is 0 Å². The molecular formula is C18H16IN3. The molecule has 2 rings (SSSR count). The molecule has 2 aromatic carbocycles. The van der Waals surface area contributed by atoms with Crippen LogP contribution in [0.25, 0.3) is 16.3 Å². The first-order valence-corrected chi connectivity index (χ1v) is 8.45. The second kappa shape index (κ2) is 7.29. The van der Waals surface area contributed by atoms with Gasteiger partial charge in [-0.15, -0.1) is 0 Å². The predicted molar refractivity (Wildman–Crippen MR) is 99.9 cm³/mol. The van der Waals surface area contributed by atoms with E-state index < -0.39 is 0 Å². The molecule has 3 nitrogen and oxygen atoms in total. The lowest BCUT2D eigenvalue weighted by atomic mass is 9.99. The lowest BCUT2D eigenvalue weighted by Crippen LogP contribution is -2.19. The van der Waals surface area contributed by atoms with Gasteiger partial charge in [-0.1, -0.05) is 40.8 Å². The summed E-state index contributed by atoms with van der Waals surface area (Å²) < 4.78 is 1.08. The number of hydrogen-bond acceptors (Lipinski definition) is 3. The van der Waals surface area contributed by atoms with Crippen molar-refractivity contribution in [3.63, 3.8) is 0 Å². The number of nitriles is 2. The summed E-state index contributed by atoms with van der Waals surface area (Å²) in [6, 6.07) is 16.3. The summed E-state index contributed by atoms with van der Waals surface area (Å²) in [5.41, 5.74) is 2.99. The van der Waals surface area contributed by atoms with E-state index in [1.807, 2.05) is 37.3 Å². The monoisotopic (exact) mass is 401 g/mol. The Morgan fingerprint density at radius 3 is 2.36 bits per heavy atom. The maximum absolute atomic E-state index is 8.98. The van der Waals surface area contributed by atoms with Crippen LogP contribution in [0.4, 0.5) is 5.69 Å². The number of anilines is 1. The van der Waals surface area contributed by atoms with Crippen molar-refractivity contribution in [2.45, 2.75) is 6.92 Å². The summed E-state index contributed by atoms with van der Waals surface area (Å²) in [5, 5.41) is 20.2. The average molecular weight is 401 g/mol. The fourth-order valence-electron chi connectivity index (χ4n) is 2.30. The van der Waals surface area contributed by atoms with Gasteiger partial charge in [-0.05, 0) is 47.0 Å². The van der Waals surface area contributed by atoms with E-state index in [9.17, 15) is 0 Å². The van der Waals surface area contributed by atoms with Crippen LogP contribution in [0, 0.1) is 22.7 Å². The van der Waals surface area contributed by atoms with E-state index in [4.69, 9.17) is 10.5 Å². The van der Waals surface area contributed by atoms with Gasteiger partial charge < -0.3 is 4.90 Å². The molecule has 0 spiro atoms. The summed E-state index contributed by atoms with van der Waals surface area (Å²) in [6.45, 7) is 2.82. The average Bonchev–Trinajstić information content (AvgIpc) is 2.55. The lowest BCUT2D eigenvalue weighted by molar-refractivity contribution is 0.989. The predicted octanol–water partition coefficient (Wildman–Crippen LogP) is 4.53. The first-order valence-electron chi connectivity index (χ1n) is 6.93. The van der Waals surface area contributed by atoms with E-state index in [0.29, 0.717) is 0 Å². The molecule has 0 amide bonds. The number of halogens is 1. The van der Waals surface area contributed by atoms with E-state index in [1.54, 1.807) is 0 Å². The van der Waals surface area contributed by atoms with Crippen molar-refractivity contribution in [1.29, 1.82) is 10.5 Å². The zero-order valence-electron chi connectivity index (χ0n) is 12.6. The number of alkyl halides is 1. The van der Waals surface area contributed by atoms with Gasteiger partial charge in [0.2, 0.25) is 0 Å². The Labute approximate surface area is 144 Å². The van der Waals surface area contributed by atoms with Crippen LogP contribution in [0.15, 0.2) is 42.0 Å². The highest BCUT2D eigenvalue weighted by Gasteiger charge is 2.06. The van der Waals surface area contributed by atoms with E-state index in [0.717, 1.165) is 32.9 Å².